The third kappa shape index (κ3) is 2.98. The Kier molecular flexibility index (Phi) is 3.88. The average Bonchev–Trinajstić information content (AvgIpc) is 3.02. The van der Waals surface area contributed by atoms with Crippen molar-refractivity contribution >= 4 is 6.03 Å². The number of hydrogen-bond donors (Lipinski definition) is 1. The molecule has 0 saturated heterocycles. The Morgan fingerprint density at radius 3 is 2.45 bits per heavy atom. The van der Waals surface area contributed by atoms with Gasteiger partial charge in [-0.25, -0.2) is 4.79 Å². The molecule has 1 aliphatic heterocycles. The highest BCUT2D eigenvalue weighted by atomic mass is 16.2. The highest BCUT2D eigenvalue weighted by molar-refractivity contribution is 5.75. The van der Waals surface area contributed by atoms with Crippen LogP contribution in [0, 0.1) is 13.8 Å². The van der Waals surface area contributed by atoms with Gasteiger partial charge in [0.15, 0.2) is 0 Å². The van der Waals surface area contributed by atoms with Crippen LogP contribution in [-0.4, -0.2) is 26.8 Å². The van der Waals surface area contributed by atoms with Crippen LogP contribution >= 0.6 is 0 Å². The summed E-state index contributed by atoms with van der Waals surface area (Å²) in [4.78, 5) is 14.2. The molecule has 0 unspecified atom stereocenters. The first kappa shape index (κ1) is 14.6. The van der Waals surface area contributed by atoms with Crippen LogP contribution in [-0.2, 0) is 19.6 Å². The first-order chi connectivity index (χ1) is 10.5. The lowest BCUT2D eigenvalue weighted by atomic mass is 10.1. The van der Waals surface area contributed by atoms with Gasteiger partial charge in [-0.2, -0.15) is 5.10 Å². The normalized spacial score (nSPS) is 14.8. The Balaban J connectivity index is 1.57. The van der Waals surface area contributed by atoms with Gasteiger partial charge in [0, 0.05) is 24.8 Å². The van der Waals surface area contributed by atoms with Gasteiger partial charge in [-0.3, -0.25) is 4.68 Å². The minimum Gasteiger partial charge on any atom is -0.334 e. The van der Waals surface area contributed by atoms with Crippen LogP contribution < -0.4 is 5.32 Å². The molecule has 1 atom stereocenters. The number of benzene rings is 1. The molecule has 0 bridgehead atoms. The number of nitrogens with zero attached hydrogens (tertiary/aromatic N) is 3. The van der Waals surface area contributed by atoms with E-state index < -0.39 is 0 Å². The number of amides is 2. The predicted octanol–water partition coefficient (Wildman–Crippen LogP) is 2.61. The summed E-state index contributed by atoms with van der Waals surface area (Å²) in [5.41, 5.74) is 4.60. The van der Waals surface area contributed by atoms with Crippen molar-refractivity contribution in [2.45, 2.75) is 46.4 Å². The van der Waals surface area contributed by atoms with Crippen molar-refractivity contribution in [1.82, 2.24) is 20.0 Å². The molecular weight excluding hydrogens is 276 g/mol. The molecule has 22 heavy (non-hydrogen) atoms. The Morgan fingerprint density at radius 2 is 1.91 bits per heavy atom. The van der Waals surface area contributed by atoms with Crippen molar-refractivity contribution in [2.24, 2.45) is 0 Å². The summed E-state index contributed by atoms with van der Waals surface area (Å²) in [6.45, 7) is 8.09. The molecule has 0 saturated carbocycles. The quantitative estimate of drug-likeness (QED) is 0.947. The minimum atomic E-state index is -0.00905. The van der Waals surface area contributed by atoms with Crippen molar-refractivity contribution in [3.05, 3.63) is 52.8 Å². The number of carbonyl (C=O) groups excluding carboxylic acids is 1. The monoisotopic (exact) mass is 298 g/mol. The lowest BCUT2D eigenvalue weighted by Gasteiger charge is -2.21. The fraction of sp³-hybridized carbons (Fsp3) is 0.412. The average molecular weight is 298 g/mol. The summed E-state index contributed by atoms with van der Waals surface area (Å²) >= 11 is 0. The summed E-state index contributed by atoms with van der Waals surface area (Å²) in [6.07, 6.45) is 0. The molecule has 0 fully saturated rings. The van der Waals surface area contributed by atoms with Gasteiger partial charge in [0.2, 0.25) is 0 Å². The second-order valence-corrected chi connectivity index (χ2v) is 6.08. The van der Waals surface area contributed by atoms with Crippen LogP contribution in [0.15, 0.2) is 30.3 Å². The Bertz CT molecular complexity index is 667. The van der Waals surface area contributed by atoms with E-state index >= 15 is 0 Å². The van der Waals surface area contributed by atoms with Gasteiger partial charge in [-0.15, -0.1) is 0 Å². The topological polar surface area (TPSA) is 50.2 Å². The van der Waals surface area contributed by atoms with Gasteiger partial charge in [0.1, 0.15) is 0 Å². The van der Waals surface area contributed by atoms with Crippen molar-refractivity contribution in [3.63, 3.8) is 0 Å². The zero-order valence-electron chi connectivity index (χ0n) is 13.3. The van der Waals surface area contributed by atoms with E-state index in [9.17, 15) is 4.79 Å². The molecule has 1 aromatic heterocycles. The maximum atomic E-state index is 12.4. The Hall–Kier alpha value is -2.30. The molecule has 2 amide bonds. The second-order valence-electron chi connectivity index (χ2n) is 6.08. The summed E-state index contributed by atoms with van der Waals surface area (Å²) in [5.74, 6) is 0. The number of nitrogens with one attached hydrogen (secondary N) is 1. The molecule has 3 rings (SSSR count). The van der Waals surface area contributed by atoms with Crippen LogP contribution in [0.3, 0.4) is 0 Å². The first-order valence-corrected chi connectivity index (χ1v) is 7.66. The fourth-order valence-corrected chi connectivity index (χ4v) is 2.94. The first-order valence-electron chi connectivity index (χ1n) is 7.66. The molecule has 0 spiro atoms. The van der Waals surface area contributed by atoms with E-state index in [1.54, 1.807) is 0 Å². The maximum Gasteiger partial charge on any atom is 0.318 e. The molecule has 1 N–H and O–H groups in total. The van der Waals surface area contributed by atoms with Crippen LogP contribution in [0.4, 0.5) is 4.79 Å². The van der Waals surface area contributed by atoms with E-state index in [1.165, 1.54) is 11.1 Å². The highest BCUT2D eigenvalue weighted by Crippen LogP contribution is 2.22. The number of aromatic nitrogens is 2. The standard InChI is InChI=1S/C17H22N4O/c1-12-8-14(3)21(19-12)9-13(2)18-17(22)20-10-15-6-4-5-7-16(15)11-20/h4-8,13H,9-11H2,1-3H3,(H,18,22)/t13-/m1/s1. The molecule has 5 heteroatoms. The van der Waals surface area contributed by atoms with Crippen LogP contribution in [0.2, 0.25) is 0 Å². The minimum absolute atomic E-state index is 0.00905. The van der Waals surface area contributed by atoms with Crippen LogP contribution in [0.1, 0.15) is 29.4 Å². The van der Waals surface area contributed by atoms with Crippen LogP contribution in [0.5, 0.6) is 0 Å². The molecule has 2 aromatic rings. The summed E-state index contributed by atoms with van der Waals surface area (Å²) in [5, 5.41) is 7.51. The van der Waals surface area contributed by atoms with Crippen LogP contribution in [0.25, 0.3) is 0 Å². The molecule has 0 radical (unpaired) electrons. The van der Waals surface area contributed by atoms with E-state index in [0.29, 0.717) is 19.6 Å². The number of rotatable bonds is 3. The number of fused-ring (bicyclic) bond motifs is 1. The Morgan fingerprint density at radius 1 is 1.27 bits per heavy atom. The van der Waals surface area contributed by atoms with E-state index in [-0.39, 0.29) is 12.1 Å². The number of carbonyl (C=O) groups is 1. The van der Waals surface area contributed by atoms with Gasteiger partial charge in [-0.1, -0.05) is 24.3 Å². The van der Waals surface area contributed by atoms with E-state index in [0.717, 1.165) is 11.4 Å². The maximum absolute atomic E-state index is 12.4. The van der Waals surface area contributed by atoms with Crippen molar-refractivity contribution in [1.29, 1.82) is 0 Å². The fourth-order valence-electron chi connectivity index (χ4n) is 2.94. The molecule has 1 aliphatic rings. The van der Waals surface area contributed by atoms with Gasteiger partial charge in [0.25, 0.3) is 0 Å². The van der Waals surface area contributed by atoms with Gasteiger partial charge in [0.05, 0.1) is 12.2 Å². The van der Waals surface area contributed by atoms with E-state index in [4.69, 9.17) is 0 Å². The largest absolute Gasteiger partial charge is 0.334 e. The van der Waals surface area contributed by atoms with Crippen molar-refractivity contribution < 1.29 is 4.79 Å². The molecule has 5 nitrogen and oxygen atoms in total. The second kappa shape index (κ2) is 5.83. The van der Waals surface area contributed by atoms with Crippen molar-refractivity contribution in [2.75, 3.05) is 0 Å². The third-order valence-electron chi connectivity index (χ3n) is 4.05. The van der Waals surface area contributed by atoms with E-state index in [2.05, 4.69) is 22.5 Å². The van der Waals surface area contributed by atoms with Crippen molar-refractivity contribution in [3.8, 4) is 0 Å². The molecule has 116 valence electrons. The zero-order chi connectivity index (χ0) is 15.7. The lowest BCUT2D eigenvalue weighted by Crippen LogP contribution is -2.43. The molecule has 0 aliphatic carbocycles. The highest BCUT2D eigenvalue weighted by Gasteiger charge is 2.23. The summed E-state index contributed by atoms with van der Waals surface area (Å²) in [6, 6.07) is 10.3. The van der Waals surface area contributed by atoms with E-state index in [1.807, 2.05) is 48.6 Å². The smallest absolute Gasteiger partial charge is 0.318 e. The summed E-state index contributed by atoms with van der Waals surface area (Å²) in [7, 11) is 0. The Labute approximate surface area is 130 Å². The van der Waals surface area contributed by atoms with Gasteiger partial charge in [-0.05, 0) is 38.0 Å². The zero-order valence-corrected chi connectivity index (χ0v) is 13.3. The molecule has 1 aromatic carbocycles. The third-order valence-corrected chi connectivity index (χ3v) is 4.05. The number of hydrogen-bond acceptors (Lipinski definition) is 2. The van der Waals surface area contributed by atoms with Gasteiger partial charge < -0.3 is 10.2 Å². The number of aryl methyl sites for hydroxylation is 2. The van der Waals surface area contributed by atoms with Gasteiger partial charge >= 0.3 is 6.03 Å². The predicted molar refractivity (Wildman–Crippen MR) is 85.4 cm³/mol. The lowest BCUT2D eigenvalue weighted by molar-refractivity contribution is 0.193. The summed E-state index contributed by atoms with van der Waals surface area (Å²) < 4.78 is 1.94. The molecular formula is C17H22N4O. The molecule has 2 heterocycles. The number of urea groups is 1. The SMILES string of the molecule is Cc1cc(C)n(C[C@@H](C)NC(=O)N2Cc3ccccc3C2)n1.